The van der Waals surface area contributed by atoms with Crippen LogP contribution in [0.2, 0.25) is 0 Å². The zero-order valence-electron chi connectivity index (χ0n) is 13.3. The molecule has 0 heterocycles. The predicted molar refractivity (Wildman–Crippen MR) is 83.5 cm³/mol. The topological polar surface area (TPSA) is 15.3 Å². The van der Waals surface area contributed by atoms with E-state index in [-0.39, 0.29) is 0 Å². The molecule has 2 rings (SSSR count). The maximum Gasteiger partial charge on any atom is 0.0107 e. The number of hydrogen-bond acceptors (Lipinski definition) is 2. The van der Waals surface area contributed by atoms with Crippen LogP contribution in [0.15, 0.2) is 0 Å². The molecule has 0 aliphatic heterocycles. The minimum absolute atomic E-state index is 0.794. The van der Waals surface area contributed by atoms with Crippen molar-refractivity contribution in [2.75, 3.05) is 20.1 Å². The Labute approximate surface area is 120 Å². The first kappa shape index (κ1) is 15.3. The SMILES string of the molecule is CC1CCCC(NCCN(C)C2CCCC(C)C2)C1. The van der Waals surface area contributed by atoms with Crippen molar-refractivity contribution in [3.05, 3.63) is 0 Å². The van der Waals surface area contributed by atoms with E-state index in [2.05, 4.69) is 31.1 Å². The van der Waals surface area contributed by atoms with Gasteiger partial charge < -0.3 is 10.2 Å². The molecule has 2 aliphatic rings. The molecule has 4 atom stereocenters. The molecule has 0 aromatic heterocycles. The number of hydrogen-bond donors (Lipinski definition) is 1. The number of nitrogens with one attached hydrogen (secondary N) is 1. The van der Waals surface area contributed by atoms with Gasteiger partial charge in [0.15, 0.2) is 0 Å². The molecular weight excluding hydrogens is 232 g/mol. The summed E-state index contributed by atoms with van der Waals surface area (Å²) in [7, 11) is 2.33. The van der Waals surface area contributed by atoms with E-state index in [0.717, 1.165) is 23.9 Å². The Morgan fingerprint density at radius 1 is 0.947 bits per heavy atom. The highest BCUT2D eigenvalue weighted by Crippen LogP contribution is 2.26. The molecule has 2 fully saturated rings. The second kappa shape index (κ2) is 7.64. The smallest absolute Gasteiger partial charge is 0.0107 e. The quantitative estimate of drug-likeness (QED) is 0.817. The molecule has 112 valence electrons. The molecule has 0 spiro atoms. The van der Waals surface area contributed by atoms with Gasteiger partial charge in [0.2, 0.25) is 0 Å². The fourth-order valence-corrected chi connectivity index (χ4v) is 4.05. The molecule has 2 heteroatoms. The third-order valence-corrected chi connectivity index (χ3v) is 5.37. The van der Waals surface area contributed by atoms with Crippen molar-refractivity contribution in [3.63, 3.8) is 0 Å². The molecule has 0 aromatic rings. The molecule has 0 aromatic carbocycles. The van der Waals surface area contributed by atoms with Crippen molar-refractivity contribution in [1.82, 2.24) is 10.2 Å². The molecule has 0 amide bonds. The molecular formula is C17H34N2. The van der Waals surface area contributed by atoms with E-state index < -0.39 is 0 Å². The number of nitrogens with zero attached hydrogens (tertiary/aromatic N) is 1. The lowest BCUT2D eigenvalue weighted by molar-refractivity contribution is 0.161. The Balaban J connectivity index is 1.61. The van der Waals surface area contributed by atoms with E-state index in [4.69, 9.17) is 0 Å². The summed E-state index contributed by atoms with van der Waals surface area (Å²) in [6.07, 6.45) is 11.4. The fourth-order valence-electron chi connectivity index (χ4n) is 4.05. The highest BCUT2D eigenvalue weighted by molar-refractivity contribution is 4.79. The standard InChI is InChI=1S/C17H34N2/c1-14-6-4-8-16(12-14)18-10-11-19(3)17-9-5-7-15(2)13-17/h14-18H,4-13H2,1-3H3. The third-order valence-electron chi connectivity index (χ3n) is 5.37. The minimum Gasteiger partial charge on any atom is -0.313 e. The Morgan fingerprint density at radius 3 is 2.32 bits per heavy atom. The van der Waals surface area contributed by atoms with Crippen LogP contribution in [0.3, 0.4) is 0 Å². The Morgan fingerprint density at radius 2 is 1.63 bits per heavy atom. The van der Waals surface area contributed by atoms with Gasteiger partial charge in [0, 0.05) is 25.2 Å². The van der Waals surface area contributed by atoms with Gasteiger partial charge in [-0.15, -0.1) is 0 Å². The second-order valence-corrected chi connectivity index (χ2v) is 7.33. The number of likely N-dealkylation sites (N-methyl/N-ethyl adjacent to an activating group) is 1. The largest absolute Gasteiger partial charge is 0.313 e. The van der Waals surface area contributed by atoms with Gasteiger partial charge in [-0.2, -0.15) is 0 Å². The van der Waals surface area contributed by atoms with Crippen LogP contribution in [0.25, 0.3) is 0 Å². The molecule has 19 heavy (non-hydrogen) atoms. The first-order chi connectivity index (χ1) is 9.15. The normalized spacial score (nSPS) is 36.6. The van der Waals surface area contributed by atoms with Crippen LogP contribution in [0, 0.1) is 11.8 Å². The molecule has 0 bridgehead atoms. The maximum atomic E-state index is 3.79. The van der Waals surface area contributed by atoms with Crippen molar-refractivity contribution in [3.8, 4) is 0 Å². The van der Waals surface area contributed by atoms with Gasteiger partial charge in [0.1, 0.15) is 0 Å². The lowest BCUT2D eigenvalue weighted by Crippen LogP contribution is -2.42. The van der Waals surface area contributed by atoms with E-state index in [0.29, 0.717) is 0 Å². The van der Waals surface area contributed by atoms with E-state index in [1.54, 1.807) is 0 Å². The van der Waals surface area contributed by atoms with Crippen LogP contribution >= 0.6 is 0 Å². The Bertz CT molecular complexity index is 254. The van der Waals surface area contributed by atoms with Crippen LogP contribution in [0.4, 0.5) is 0 Å². The summed E-state index contributed by atoms with van der Waals surface area (Å²) in [5, 5.41) is 3.79. The van der Waals surface area contributed by atoms with Gasteiger partial charge in [-0.05, 0) is 44.6 Å². The average molecular weight is 266 g/mol. The van der Waals surface area contributed by atoms with Crippen LogP contribution in [0.1, 0.15) is 65.2 Å². The minimum atomic E-state index is 0.794. The highest BCUT2D eigenvalue weighted by Gasteiger charge is 2.22. The summed E-state index contributed by atoms with van der Waals surface area (Å²) < 4.78 is 0. The average Bonchev–Trinajstić information content (AvgIpc) is 2.38. The van der Waals surface area contributed by atoms with Gasteiger partial charge in [0.25, 0.3) is 0 Å². The highest BCUT2D eigenvalue weighted by atomic mass is 15.1. The molecule has 4 unspecified atom stereocenters. The van der Waals surface area contributed by atoms with Crippen molar-refractivity contribution in [1.29, 1.82) is 0 Å². The fraction of sp³-hybridized carbons (Fsp3) is 1.00. The van der Waals surface area contributed by atoms with Crippen molar-refractivity contribution in [2.45, 2.75) is 77.3 Å². The number of rotatable bonds is 5. The molecule has 2 saturated carbocycles. The van der Waals surface area contributed by atoms with Crippen LogP contribution in [0.5, 0.6) is 0 Å². The summed E-state index contributed by atoms with van der Waals surface area (Å²) in [5.41, 5.74) is 0. The van der Waals surface area contributed by atoms with E-state index >= 15 is 0 Å². The van der Waals surface area contributed by atoms with Crippen LogP contribution in [-0.2, 0) is 0 Å². The summed E-state index contributed by atoms with van der Waals surface area (Å²) >= 11 is 0. The maximum absolute atomic E-state index is 3.79. The van der Waals surface area contributed by atoms with Crippen LogP contribution < -0.4 is 5.32 Å². The summed E-state index contributed by atoms with van der Waals surface area (Å²) in [4.78, 5) is 2.61. The summed E-state index contributed by atoms with van der Waals surface area (Å²) in [6.45, 7) is 7.23. The van der Waals surface area contributed by atoms with Crippen LogP contribution in [-0.4, -0.2) is 37.1 Å². The van der Waals surface area contributed by atoms with Gasteiger partial charge in [-0.1, -0.05) is 39.5 Å². The first-order valence-electron chi connectivity index (χ1n) is 8.58. The van der Waals surface area contributed by atoms with Crippen molar-refractivity contribution in [2.24, 2.45) is 11.8 Å². The zero-order valence-corrected chi connectivity index (χ0v) is 13.3. The molecule has 0 saturated heterocycles. The van der Waals surface area contributed by atoms with Crippen molar-refractivity contribution < 1.29 is 0 Å². The second-order valence-electron chi connectivity index (χ2n) is 7.33. The molecule has 2 nitrogen and oxygen atoms in total. The van der Waals surface area contributed by atoms with Crippen molar-refractivity contribution >= 4 is 0 Å². The first-order valence-corrected chi connectivity index (χ1v) is 8.58. The van der Waals surface area contributed by atoms with Gasteiger partial charge in [0.05, 0.1) is 0 Å². The van der Waals surface area contributed by atoms with E-state index in [1.165, 1.54) is 64.5 Å². The molecule has 1 N–H and O–H groups in total. The third kappa shape index (κ3) is 5.07. The van der Waals surface area contributed by atoms with E-state index in [9.17, 15) is 0 Å². The predicted octanol–water partition coefficient (Wildman–Crippen LogP) is 3.67. The Hall–Kier alpha value is -0.0800. The lowest BCUT2D eigenvalue weighted by Gasteiger charge is -2.35. The van der Waals surface area contributed by atoms with E-state index in [1.807, 2.05) is 0 Å². The van der Waals surface area contributed by atoms with Gasteiger partial charge >= 0.3 is 0 Å². The Kier molecular flexibility index (Phi) is 6.15. The summed E-state index contributed by atoms with van der Waals surface area (Å²) in [5.74, 6) is 1.87. The zero-order chi connectivity index (χ0) is 13.7. The monoisotopic (exact) mass is 266 g/mol. The molecule has 2 aliphatic carbocycles. The summed E-state index contributed by atoms with van der Waals surface area (Å²) in [6, 6.07) is 1.64. The van der Waals surface area contributed by atoms with Gasteiger partial charge in [-0.3, -0.25) is 0 Å². The lowest BCUT2D eigenvalue weighted by atomic mass is 9.86. The molecule has 0 radical (unpaired) electrons. The van der Waals surface area contributed by atoms with Gasteiger partial charge in [-0.25, -0.2) is 0 Å².